The number of fused-ring (bicyclic) bond motifs is 1. The maximum absolute atomic E-state index is 3.67. The number of hydrogen-bond acceptors (Lipinski definition) is 2. The van der Waals surface area contributed by atoms with E-state index in [0.717, 1.165) is 18.4 Å². The van der Waals surface area contributed by atoms with Crippen LogP contribution in [0.25, 0.3) is 0 Å². The van der Waals surface area contributed by atoms with Crippen LogP contribution in [0.2, 0.25) is 0 Å². The highest BCUT2D eigenvalue weighted by Gasteiger charge is 2.25. The summed E-state index contributed by atoms with van der Waals surface area (Å²) in [5.74, 6) is 1.55. The normalized spacial score (nSPS) is 22.8. The highest BCUT2D eigenvalue weighted by molar-refractivity contribution is 7.10. The Morgan fingerprint density at radius 3 is 3.00 bits per heavy atom. The Bertz CT molecular complexity index is 316. The molecular formula is C13H21NS. The average Bonchev–Trinajstić information content (AvgIpc) is 2.63. The minimum Gasteiger partial charge on any atom is -0.309 e. The van der Waals surface area contributed by atoms with Crippen LogP contribution < -0.4 is 5.32 Å². The molecule has 0 amide bonds. The molecule has 1 aromatic heterocycles. The van der Waals surface area contributed by atoms with Crippen LogP contribution in [0.1, 0.15) is 43.7 Å². The van der Waals surface area contributed by atoms with Crippen LogP contribution in [-0.2, 0) is 6.42 Å². The zero-order chi connectivity index (χ0) is 10.8. The summed E-state index contributed by atoms with van der Waals surface area (Å²) in [6, 6.07) is 2.91. The molecule has 0 aromatic carbocycles. The molecule has 0 fully saturated rings. The lowest BCUT2D eigenvalue weighted by atomic mass is 9.86. The predicted octanol–water partition coefficient (Wildman–Crippen LogP) is 3.62. The highest BCUT2D eigenvalue weighted by atomic mass is 32.1. The van der Waals surface area contributed by atoms with Crippen molar-refractivity contribution < 1.29 is 0 Å². The molecule has 0 aliphatic carbocycles. The van der Waals surface area contributed by atoms with Gasteiger partial charge < -0.3 is 5.32 Å². The molecule has 1 nitrogen and oxygen atoms in total. The lowest BCUT2D eigenvalue weighted by Gasteiger charge is -2.30. The lowest BCUT2D eigenvalue weighted by Crippen LogP contribution is -2.33. The molecule has 1 N–H and O–H groups in total. The topological polar surface area (TPSA) is 12.0 Å². The smallest absolute Gasteiger partial charge is 0.0357 e. The van der Waals surface area contributed by atoms with Crippen molar-refractivity contribution in [3.63, 3.8) is 0 Å². The summed E-state index contributed by atoms with van der Waals surface area (Å²) in [7, 11) is 0. The molecule has 84 valence electrons. The minimum atomic E-state index is 0.599. The lowest BCUT2D eigenvalue weighted by molar-refractivity contribution is 0.320. The molecular weight excluding hydrogens is 202 g/mol. The fourth-order valence-corrected chi connectivity index (χ4v) is 3.60. The molecule has 2 atom stereocenters. The molecule has 2 heteroatoms. The van der Waals surface area contributed by atoms with E-state index in [9.17, 15) is 0 Å². The molecule has 0 saturated heterocycles. The first kappa shape index (κ1) is 11.2. The number of rotatable bonds is 3. The largest absolute Gasteiger partial charge is 0.309 e. The van der Waals surface area contributed by atoms with Crippen molar-refractivity contribution >= 4 is 11.3 Å². The van der Waals surface area contributed by atoms with Crippen molar-refractivity contribution in [3.8, 4) is 0 Å². The quantitative estimate of drug-likeness (QED) is 0.825. The van der Waals surface area contributed by atoms with E-state index in [4.69, 9.17) is 0 Å². The summed E-state index contributed by atoms with van der Waals surface area (Å²) < 4.78 is 0. The molecule has 2 rings (SSSR count). The van der Waals surface area contributed by atoms with Crippen LogP contribution >= 0.6 is 11.3 Å². The van der Waals surface area contributed by atoms with Gasteiger partial charge in [0.05, 0.1) is 0 Å². The second-order valence-electron chi connectivity index (χ2n) is 5.09. The van der Waals surface area contributed by atoms with Gasteiger partial charge in [0, 0.05) is 17.5 Å². The number of thiophene rings is 1. The molecule has 0 radical (unpaired) electrons. The standard InChI is InChI=1S/C13H21NS/c1-9(2)8-10(3)13-11-5-7-15-12(11)4-6-14-13/h5,7,9-10,13-14H,4,6,8H2,1-3H3. The molecule has 1 aliphatic rings. The molecule has 2 heterocycles. The van der Waals surface area contributed by atoms with Gasteiger partial charge in [-0.1, -0.05) is 20.8 Å². The zero-order valence-electron chi connectivity index (χ0n) is 9.92. The number of nitrogens with one attached hydrogen (secondary N) is 1. The van der Waals surface area contributed by atoms with E-state index in [1.54, 1.807) is 10.4 Å². The Labute approximate surface area is 96.9 Å². The molecule has 0 spiro atoms. The first-order chi connectivity index (χ1) is 7.18. The van der Waals surface area contributed by atoms with Crippen molar-refractivity contribution in [3.05, 3.63) is 21.9 Å². The van der Waals surface area contributed by atoms with Crippen LogP contribution in [0.3, 0.4) is 0 Å². The number of hydrogen-bond donors (Lipinski definition) is 1. The van der Waals surface area contributed by atoms with E-state index in [1.807, 2.05) is 11.3 Å². The molecule has 0 saturated carbocycles. The maximum atomic E-state index is 3.67. The summed E-state index contributed by atoms with van der Waals surface area (Å²) in [4.78, 5) is 1.61. The third-order valence-electron chi connectivity index (χ3n) is 3.24. The van der Waals surface area contributed by atoms with Gasteiger partial charge in [0.15, 0.2) is 0 Å². The Balaban J connectivity index is 2.11. The van der Waals surface area contributed by atoms with Crippen LogP contribution in [-0.4, -0.2) is 6.54 Å². The summed E-state index contributed by atoms with van der Waals surface area (Å²) >= 11 is 1.93. The van der Waals surface area contributed by atoms with Crippen LogP contribution in [0.5, 0.6) is 0 Å². The van der Waals surface area contributed by atoms with E-state index in [-0.39, 0.29) is 0 Å². The molecule has 0 bridgehead atoms. The van der Waals surface area contributed by atoms with Crippen molar-refractivity contribution in [1.82, 2.24) is 5.32 Å². The van der Waals surface area contributed by atoms with E-state index >= 15 is 0 Å². The van der Waals surface area contributed by atoms with Crippen molar-refractivity contribution in [2.45, 2.75) is 39.7 Å². The van der Waals surface area contributed by atoms with Crippen molar-refractivity contribution in [2.75, 3.05) is 6.54 Å². The van der Waals surface area contributed by atoms with E-state index in [1.165, 1.54) is 12.8 Å². The van der Waals surface area contributed by atoms with Crippen molar-refractivity contribution in [2.24, 2.45) is 11.8 Å². The Morgan fingerprint density at radius 2 is 2.27 bits per heavy atom. The minimum absolute atomic E-state index is 0.599. The fraction of sp³-hybridized carbons (Fsp3) is 0.692. The van der Waals surface area contributed by atoms with Gasteiger partial charge >= 0.3 is 0 Å². The summed E-state index contributed by atoms with van der Waals surface area (Å²) in [5, 5.41) is 5.92. The second-order valence-corrected chi connectivity index (χ2v) is 6.09. The van der Waals surface area contributed by atoms with Gasteiger partial charge in [0.25, 0.3) is 0 Å². The van der Waals surface area contributed by atoms with E-state index in [0.29, 0.717) is 6.04 Å². The first-order valence-electron chi connectivity index (χ1n) is 5.98. The average molecular weight is 223 g/mol. The third-order valence-corrected chi connectivity index (χ3v) is 4.24. The summed E-state index contributed by atoms with van der Waals surface area (Å²) in [6.45, 7) is 8.16. The fourth-order valence-electron chi connectivity index (χ4n) is 2.67. The monoisotopic (exact) mass is 223 g/mol. The second kappa shape index (κ2) is 4.67. The molecule has 1 aromatic rings. The van der Waals surface area contributed by atoms with Crippen LogP contribution in [0.15, 0.2) is 11.4 Å². The molecule has 2 unspecified atom stereocenters. The van der Waals surface area contributed by atoms with Gasteiger partial charge in [-0.2, -0.15) is 0 Å². The Hall–Kier alpha value is -0.340. The Morgan fingerprint density at radius 1 is 1.47 bits per heavy atom. The van der Waals surface area contributed by atoms with Gasteiger partial charge in [-0.05, 0) is 41.7 Å². The Kier molecular flexibility index (Phi) is 3.47. The van der Waals surface area contributed by atoms with Crippen molar-refractivity contribution in [1.29, 1.82) is 0 Å². The third kappa shape index (κ3) is 2.43. The first-order valence-corrected chi connectivity index (χ1v) is 6.86. The van der Waals surface area contributed by atoms with E-state index < -0.39 is 0 Å². The molecule has 15 heavy (non-hydrogen) atoms. The van der Waals surface area contributed by atoms with Crippen LogP contribution in [0, 0.1) is 11.8 Å². The van der Waals surface area contributed by atoms with Gasteiger partial charge in [0.1, 0.15) is 0 Å². The predicted molar refractivity (Wildman–Crippen MR) is 67.4 cm³/mol. The zero-order valence-corrected chi connectivity index (χ0v) is 10.7. The maximum Gasteiger partial charge on any atom is 0.0357 e. The van der Waals surface area contributed by atoms with Gasteiger partial charge in [-0.25, -0.2) is 0 Å². The van der Waals surface area contributed by atoms with E-state index in [2.05, 4.69) is 37.5 Å². The summed E-state index contributed by atoms with van der Waals surface area (Å²) in [6.07, 6.45) is 2.53. The highest BCUT2D eigenvalue weighted by Crippen LogP contribution is 2.34. The summed E-state index contributed by atoms with van der Waals surface area (Å²) in [5.41, 5.74) is 1.57. The SMILES string of the molecule is CC(C)CC(C)C1NCCc2sccc21. The molecule has 1 aliphatic heterocycles. The van der Waals surface area contributed by atoms with Gasteiger partial charge in [-0.3, -0.25) is 0 Å². The van der Waals surface area contributed by atoms with Gasteiger partial charge in [-0.15, -0.1) is 11.3 Å². The van der Waals surface area contributed by atoms with Crippen LogP contribution in [0.4, 0.5) is 0 Å². The van der Waals surface area contributed by atoms with Gasteiger partial charge in [0.2, 0.25) is 0 Å².